The zero-order valence-corrected chi connectivity index (χ0v) is 20.6. The van der Waals surface area contributed by atoms with E-state index in [4.69, 9.17) is 0 Å². The number of hydrogen-bond donors (Lipinski definition) is 2. The Morgan fingerprint density at radius 3 is 2.21 bits per heavy atom. The lowest BCUT2D eigenvalue weighted by Gasteiger charge is -2.20. The van der Waals surface area contributed by atoms with Gasteiger partial charge in [0.25, 0.3) is 18.2 Å². The number of hydrogen-bond acceptors (Lipinski definition) is 4. The second kappa shape index (κ2) is 11.3. The summed E-state index contributed by atoms with van der Waals surface area (Å²) in [5, 5.41) is 4.45. The fourth-order valence-corrected chi connectivity index (χ4v) is 3.99. The monoisotopic (exact) mass is 558 g/mol. The summed E-state index contributed by atoms with van der Waals surface area (Å²) in [6.07, 6.45) is -8.04. The van der Waals surface area contributed by atoms with E-state index in [-0.39, 0.29) is 17.3 Å². The molecule has 0 radical (unpaired) electrons. The highest BCUT2D eigenvalue weighted by atomic mass is 19.4. The van der Waals surface area contributed by atoms with Crippen molar-refractivity contribution in [1.82, 2.24) is 14.9 Å². The Hall–Kier alpha value is -4.23. The molecule has 7 nitrogen and oxygen atoms in total. The maximum Gasteiger partial charge on any atom is 0.416 e. The number of carbonyl (C=O) groups excluding carboxylic acids is 3. The molecule has 0 spiro atoms. The van der Waals surface area contributed by atoms with Crippen molar-refractivity contribution < 1.29 is 45.1 Å². The fourth-order valence-electron chi connectivity index (χ4n) is 3.99. The van der Waals surface area contributed by atoms with Crippen molar-refractivity contribution in [3.63, 3.8) is 0 Å². The van der Waals surface area contributed by atoms with E-state index < -0.39 is 82.6 Å². The van der Waals surface area contributed by atoms with E-state index in [1.54, 1.807) is 0 Å². The van der Waals surface area contributed by atoms with Crippen LogP contribution in [0.15, 0.2) is 36.4 Å². The summed E-state index contributed by atoms with van der Waals surface area (Å²) in [6, 6.07) is 3.57. The van der Waals surface area contributed by atoms with Gasteiger partial charge in [-0.05, 0) is 42.8 Å². The molecule has 1 atom stereocenters. The van der Waals surface area contributed by atoms with Crippen molar-refractivity contribution >= 4 is 23.4 Å². The zero-order chi connectivity index (χ0) is 29.2. The molecule has 14 heteroatoms. The Bertz CT molecular complexity index is 1430. The van der Waals surface area contributed by atoms with Crippen LogP contribution in [0, 0.1) is 11.6 Å². The first-order chi connectivity index (χ1) is 18.1. The van der Waals surface area contributed by atoms with Crippen LogP contribution >= 0.6 is 0 Å². The third-order valence-corrected chi connectivity index (χ3v) is 5.70. The van der Waals surface area contributed by atoms with Crippen LogP contribution in [-0.2, 0) is 17.5 Å². The van der Waals surface area contributed by atoms with Gasteiger partial charge in [0.1, 0.15) is 17.4 Å². The molecule has 2 aromatic carbocycles. The maximum absolute atomic E-state index is 14.1. The minimum absolute atomic E-state index is 0.186. The SMILES string of the molecule is CNC(=O)c1nc(NC(=O)c2cc(F)cc(C(F)(F)F)c2)c([C@@H](C)c2cc(F)ccc2C(F)F)n1CC(C)=O. The van der Waals surface area contributed by atoms with Crippen molar-refractivity contribution in [3.8, 4) is 0 Å². The maximum atomic E-state index is 14.1. The van der Waals surface area contributed by atoms with Gasteiger partial charge in [-0.15, -0.1) is 0 Å². The number of halogens is 7. The highest BCUT2D eigenvalue weighted by Gasteiger charge is 2.33. The summed E-state index contributed by atoms with van der Waals surface area (Å²) >= 11 is 0. The van der Waals surface area contributed by atoms with Crippen LogP contribution < -0.4 is 10.6 Å². The predicted octanol–water partition coefficient (Wildman–Crippen LogP) is 5.47. The number of alkyl halides is 5. The Morgan fingerprint density at radius 1 is 0.974 bits per heavy atom. The van der Waals surface area contributed by atoms with Crippen LogP contribution in [0.1, 0.15) is 69.6 Å². The number of nitrogens with one attached hydrogen (secondary N) is 2. The molecule has 0 aliphatic rings. The van der Waals surface area contributed by atoms with Gasteiger partial charge in [0, 0.05) is 24.1 Å². The summed E-state index contributed by atoms with van der Waals surface area (Å²) < 4.78 is 96.1. The van der Waals surface area contributed by atoms with E-state index in [1.165, 1.54) is 14.0 Å². The van der Waals surface area contributed by atoms with Crippen LogP contribution in [0.3, 0.4) is 0 Å². The molecule has 39 heavy (non-hydrogen) atoms. The summed E-state index contributed by atoms with van der Waals surface area (Å²) in [6.45, 7) is 1.95. The van der Waals surface area contributed by atoms with Gasteiger partial charge in [0.05, 0.1) is 17.8 Å². The lowest BCUT2D eigenvalue weighted by atomic mass is 9.92. The standard InChI is InChI=1S/C25H21F7N4O3/c1-11(37)10-36-19(12(2)18-9-15(26)4-5-17(18)20(28)29)21(34-22(36)24(39)33-3)35-23(38)13-6-14(25(30,31)32)8-16(27)7-13/h4-9,12,20H,10H2,1-3H3,(H,33,39)(H,35,38)/t12-/m0/s1. The van der Waals surface area contributed by atoms with Crippen LogP contribution in [0.25, 0.3) is 0 Å². The lowest BCUT2D eigenvalue weighted by molar-refractivity contribution is -0.137. The number of aromatic nitrogens is 2. The summed E-state index contributed by atoms with van der Waals surface area (Å²) in [4.78, 5) is 41.5. The van der Waals surface area contributed by atoms with Gasteiger partial charge in [-0.1, -0.05) is 13.0 Å². The number of benzene rings is 2. The van der Waals surface area contributed by atoms with Crippen LogP contribution in [0.5, 0.6) is 0 Å². The van der Waals surface area contributed by atoms with Gasteiger partial charge in [-0.25, -0.2) is 22.5 Å². The zero-order valence-electron chi connectivity index (χ0n) is 20.6. The molecule has 2 amide bonds. The molecular weight excluding hydrogens is 537 g/mol. The third kappa shape index (κ3) is 6.44. The molecular formula is C25H21F7N4O3. The number of rotatable bonds is 8. The fraction of sp³-hybridized carbons (Fsp3) is 0.280. The van der Waals surface area contributed by atoms with Crippen LogP contribution in [0.2, 0.25) is 0 Å². The Kier molecular flexibility index (Phi) is 8.46. The van der Waals surface area contributed by atoms with E-state index in [2.05, 4.69) is 15.6 Å². The van der Waals surface area contributed by atoms with Gasteiger partial charge >= 0.3 is 6.18 Å². The molecule has 3 rings (SSSR count). The van der Waals surface area contributed by atoms with E-state index >= 15 is 0 Å². The highest BCUT2D eigenvalue weighted by molar-refractivity contribution is 6.05. The molecule has 0 saturated carbocycles. The molecule has 1 aromatic heterocycles. The van der Waals surface area contributed by atoms with Gasteiger partial charge in [-0.2, -0.15) is 13.2 Å². The largest absolute Gasteiger partial charge is 0.416 e. The van der Waals surface area contributed by atoms with E-state index in [0.717, 1.165) is 29.7 Å². The number of nitrogens with zero attached hydrogens (tertiary/aromatic N) is 2. The molecule has 208 valence electrons. The second-order valence-corrected chi connectivity index (χ2v) is 8.51. The van der Waals surface area contributed by atoms with Gasteiger partial charge in [0.2, 0.25) is 5.82 Å². The summed E-state index contributed by atoms with van der Waals surface area (Å²) in [7, 11) is 1.23. The van der Waals surface area contributed by atoms with E-state index in [0.29, 0.717) is 12.1 Å². The molecule has 0 bridgehead atoms. The molecule has 3 aromatic rings. The minimum Gasteiger partial charge on any atom is -0.352 e. The first-order valence-electron chi connectivity index (χ1n) is 11.2. The Labute approximate surface area is 217 Å². The third-order valence-electron chi connectivity index (χ3n) is 5.70. The number of carbonyl (C=O) groups is 3. The van der Waals surface area contributed by atoms with Crippen molar-refractivity contribution in [2.45, 2.75) is 38.9 Å². The first-order valence-corrected chi connectivity index (χ1v) is 11.2. The van der Waals surface area contributed by atoms with Crippen molar-refractivity contribution in [2.75, 3.05) is 12.4 Å². The molecule has 0 saturated heterocycles. The number of anilines is 1. The van der Waals surface area contributed by atoms with Gasteiger partial charge < -0.3 is 15.2 Å². The van der Waals surface area contributed by atoms with Crippen LogP contribution in [0.4, 0.5) is 36.6 Å². The number of Topliss-reactive ketones (excluding diaryl/α,β-unsaturated/α-hetero) is 1. The Morgan fingerprint density at radius 2 is 1.64 bits per heavy atom. The predicted molar refractivity (Wildman–Crippen MR) is 125 cm³/mol. The van der Waals surface area contributed by atoms with Crippen molar-refractivity contribution in [1.29, 1.82) is 0 Å². The second-order valence-electron chi connectivity index (χ2n) is 8.51. The van der Waals surface area contributed by atoms with Crippen LogP contribution in [-0.4, -0.2) is 34.2 Å². The number of ketones is 1. The minimum atomic E-state index is -4.98. The molecule has 0 unspecified atom stereocenters. The van der Waals surface area contributed by atoms with Gasteiger partial charge in [-0.3, -0.25) is 14.4 Å². The van der Waals surface area contributed by atoms with E-state index in [1.807, 2.05) is 0 Å². The topological polar surface area (TPSA) is 93.1 Å². The van der Waals surface area contributed by atoms with Crippen molar-refractivity contribution in [2.24, 2.45) is 0 Å². The van der Waals surface area contributed by atoms with Gasteiger partial charge in [0.15, 0.2) is 5.82 Å². The molecule has 0 aliphatic carbocycles. The summed E-state index contributed by atoms with van der Waals surface area (Å²) in [5.74, 6) is -7.07. The molecule has 0 fully saturated rings. The van der Waals surface area contributed by atoms with E-state index in [9.17, 15) is 45.1 Å². The quantitative estimate of drug-likeness (QED) is 0.359. The molecule has 2 N–H and O–H groups in total. The highest BCUT2D eigenvalue weighted by Crippen LogP contribution is 2.37. The summed E-state index contributed by atoms with van der Waals surface area (Å²) in [5.41, 5.74) is -3.26. The molecule has 1 heterocycles. The average molecular weight is 558 g/mol. The Balaban J connectivity index is 2.24. The molecule has 0 aliphatic heterocycles. The normalized spacial score (nSPS) is 12.4. The number of imidazole rings is 1. The lowest BCUT2D eigenvalue weighted by Crippen LogP contribution is -2.25. The average Bonchev–Trinajstić information content (AvgIpc) is 3.18. The smallest absolute Gasteiger partial charge is 0.352 e. The number of amides is 2. The first kappa shape index (κ1) is 29.3. The van der Waals surface area contributed by atoms with Crippen molar-refractivity contribution in [3.05, 3.63) is 81.8 Å².